The smallest absolute Gasteiger partial charge is 0.0905 e. The van der Waals surface area contributed by atoms with Gasteiger partial charge in [-0.3, -0.25) is 4.99 Å². The fourth-order valence-corrected chi connectivity index (χ4v) is 1.19. The predicted molar refractivity (Wildman–Crippen MR) is 51.3 cm³/mol. The minimum atomic E-state index is -0.134. The summed E-state index contributed by atoms with van der Waals surface area (Å²) >= 11 is 3.82. The lowest BCUT2D eigenvalue weighted by Gasteiger charge is -2.17. The molecule has 0 saturated heterocycles. The average molecular weight is 169 g/mol. The zero-order valence-corrected chi connectivity index (χ0v) is 7.47. The summed E-state index contributed by atoms with van der Waals surface area (Å²) < 4.78 is 3.77. The van der Waals surface area contributed by atoms with Gasteiger partial charge in [0.05, 0.1) is 17.5 Å². The summed E-state index contributed by atoms with van der Waals surface area (Å²) in [6.07, 6.45) is 1.77. The van der Waals surface area contributed by atoms with E-state index in [4.69, 9.17) is 5.73 Å². The van der Waals surface area contributed by atoms with Crippen molar-refractivity contribution in [3.05, 3.63) is 11.8 Å². The molecule has 0 aromatic rings. The molecule has 1 atom stereocenters. The Bertz CT molecular complexity index is 252. The normalized spacial score (nSPS) is 28.4. The van der Waals surface area contributed by atoms with Crippen molar-refractivity contribution in [3.8, 4) is 0 Å². The largest absolute Gasteiger partial charge is 0.319 e. The van der Waals surface area contributed by atoms with E-state index in [0.29, 0.717) is 0 Å². The lowest BCUT2D eigenvalue weighted by Crippen LogP contribution is -2.37. The second-order valence-electron chi connectivity index (χ2n) is 2.55. The average Bonchev–Trinajstić information content (AvgIpc) is 1.99. The molecule has 0 saturated carbocycles. The van der Waals surface area contributed by atoms with E-state index in [1.807, 2.05) is 13.8 Å². The molecule has 0 radical (unpaired) electrons. The first kappa shape index (κ1) is 8.49. The molecule has 0 spiro atoms. The topological polar surface area (TPSA) is 50.7 Å². The van der Waals surface area contributed by atoms with Crippen molar-refractivity contribution in [1.82, 2.24) is 0 Å². The van der Waals surface area contributed by atoms with Crippen molar-refractivity contribution in [3.63, 3.8) is 0 Å². The Morgan fingerprint density at radius 2 is 2.27 bits per heavy atom. The second kappa shape index (κ2) is 3.19. The molecule has 0 bridgehead atoms. The fraction of sp³-hybridized carbons (Fsp3) is 0.429. The van der Waals surface area contributed by atoms with E-state index < -0.39 is 0 Å². The van der Waals surface area contributed by atoms with Crippen LogP contribution in [0.15, 0.2) is 21.2 Å². The predicted octanol–water partition coefficient (Wildman–Crippen LogP) is 0.978. The van der Waals surface area contributed by atoms with Gasteiger partial charge in [-0.2, -0.15) is 0 Å². The lowest BCUT2D eigenvalue weighted by molar-refractivity contribution is 0.987. The number of aliphatic imine (C=N–C) groups is 1. The van der Waals surface area contributed by atoms with Crippen LogP contribution in [0, 0.1) is 0 Å². The molecule has 4 heteroatoms. The van der Waals surface area contributed by atoms with Gasteiger partial charge in [-0.05, 0) is 32.2 Å². The van der Waals surface area contributed by atoms with E-state index in [1.54, 1.807) is 6.20 Å². The number of hydrogen-bond acceptors (Lipinski definition) is 4. The molecule has 0 aliphatic carbocycles. The van der Waals surface area contributed by atoms with Crippen LogP contribution in [0.1, 0.15) is 13.8 Å². The van der Waals surface area contributed by atoms with Gasteiger partial charge in [-0.1, -0.05) is 0 Å². The Labute approximate surface area is 71.7 Å². The fourth-order valence-electron chi connectivity index (χ4n) is 0.920. The molecule has 60 valence electrons. The Kier molecular flexibility index (Phi) is 2.46. The van der Waals surface area contributed by atoms with E-state index in [-0.39, 0.29) is 6.04 Å². The molecule has 1 heterocycles. The van der Waals surface area contributed by atoms with Crippen molar-refractivity contribution >= 4 is 24.2 Å². The molecule has 11 heavy (non-hydrogen) atoms. The number of thiol groups is 1. The molecular weight excluding hydrogens is 158 g/mol. The third-order valence-corrected chi connectivity index (χ3v) is 1.94. The van der Waals surface area contributed by atoms with E-state index in [1.165, 1.54) is 0 Å². The van der Waals surface area contributed by atoms with Gasteiger partial charge in [-0.25, -0.2) is 4.40 Å². The molecular formula is C7H11N3S. The summed E-state index contributed by atoms with van der Waals surface area (Å²) in [6.45, 7) is 3.80. The number of rotatable bonds is 0. The summed E-state index contributed by atoms with van der Waals surface area (Å²) in [7, 11) is 0. The Hall–Kier alpha value is -0.610. The van der Waals surface area contributed by atoms with Crippen LogP contribution in [0.3, 0.4) is 0 Å². The first-order valence-corrected chi connectivity index (χ1v) is 3.75. The van der Waals surface area contributed by atoms with Gasteiger partial charge >= 0.3 is 0 Å². The van der Waals surface area contributed by atoms with E-state index in [0.717, 1.165) is 17.0 Å². The minimum Gasteiger partial charge on any atom is -0.319 e. The van der Waals surface area contributed by atoms with Crippen LogP contribution < -0.4 is 5.73 Å². The molecule has 1 aliphatic rings. The third kappa shape index (κ3) is 1.52. The number of hydrogen-bond donors (Lipinski definition) is 2. The van der Waals surface area contributed by atoms with Gasteiger partial charge in [0, 0.05) is 6.20 Å². The molecule has 0 amide bonds. The van der Waals surface area contributed by atoms with Crippen LogP contribution in [0.5, 0.6) is 0 Å². The molecule has 3 nitrogen and oxygen atoms in total. The first-order chi connectivity index (χ1) is 5.16. The highest BCUT2D eigenvalue weighted by atomic mass is 32.1. The molecule has 1 unspecified atom stereocenters. The van der Waals surface area contributed by atoms with Gasteiger partial charge in [0.2, 0.25) is 0 Å². The molecule has 1 rings (SSSR count). The Morgan fingerprint density at radius 3 is 2.73 bits per heavy atom. The molecule has 1 aliphatic heterocycles. The van der Waals surface area contributed by atoms with E-state index in [9.17, 15) is 0 Å². The summed E-state index contributed by atoms with van der Waals surface area (Å²) in [5.74, 6) is 0. The van der Waals surface area contributed by atoms with Crippen molar-refractivity contribution < 1.29 is 0 Å². The third-order valence-electron chi connectivity index (χ3n) is 1.73. The van der Waals surface area contributed by atoms with E-state index >= 15 is 0 Å². The van der Waals surface area contributed by atoms with Crippen LogP contribution in [-0.2, 0) is 0 Å². The first-order valence-electron chi connectivity index (χ1n) is 3.35. The SMILES string of the molecule is CC1=CN=C(C)/C(=N/S)C1N. The zero-order chi connectivity index (χ0) is 8.43. The van der Waals surface area contributed by atoms with Crippen molar-refractivity contribution in [1.29, 1.82) is 0 Å². The Balaban J connectivity index is 3.03. The van der Waals surface area contributed by atoms with Crippen molar-refractivity contribution in [2.24, 2.45) is 15.1 Å². The van der Waals surface area contributed by atoms with Gasteiger partial charge in [0.1, 0.15) is 0 Å². The lowest BCUT2D eigenvalue weighted by atomic mass is 10.0. The van der Waals surface area contributed by atoms with Gasteiger partial charge < -0.3 is 5.73 Å². The van der Waals surface area contributed by atoms with Crippen LogP contribution in [0.4, 0.5) is 0 Å². The van der Waals surface area contributed by atoms with Crippen molar-refractivity contribution in [2.45, 2.75) is 19.9 Å². The van der Waals surface area contributed by atoms with E-state index in [2.05, 4.69) is 22.2 Å². The van der Waals surface area contributed by atoms with Gasteiger partial charge in [0.25, 0.3) is 0 Å². The van der Waals surface area contributed by atoms with Crippen LogP contribution in [0.25, 0.3) is 0 Å². The zero-order valence-electron chi connectivity index (χ0n) is 6.57. The highest BCUT2D eigenvalue weighted by Crippen LogP contribution is 2.09. The van der Waals surface area contributed by atoms with Crippen LogP contribution >= 0.6 is 12.8 Å². The van der Waals surface area contributed by atoms with Crippen LogP contribution in [0.2, 0.25) is 0 Å². The summed E-state index contributed by atoms with van der Waals surface area (Å²) in [6, 6.07) is -0.134. The number of nitrogens with zero attached hydrogens (tertiary/aromatic N) is 2. The van der Waals surface area contributed by atoms with Gasteiger partial charge in [-0.15, -0.1) is 0 Å². The summed E-state index contributed by atoms with van der Waals surface area (Å²) in [4.78, 5) is 4.11. The maximum absolute atomic E-state index is 5.79. The summed E-state index contributed by atoms with van der Waals surface area (Å²) in [5.41, 5.74) is 8.41. The molecule has 2 N–H and O–H groups in total. The Morgan fingerprint density at radius 1 is 1.64 bits per heavy atom. The monoisotopic (exact) mass is 169 g/mol. The highest BCUT2D eigenvalue weighted by molar-refractivity contribution is 7.79. The second-order valence-corrected chi connectivity index (χ2v) is 2.75. The number of nitrogens with two attached hydrogens (primary N) is 1. The minimum absolute atomic E-state index is 0.134. The molecule has 0 fully saturated rings. The van der Waals surface area contributed by atoms with Crippen LogP contribution in [-0.4, -0.2) is 17.5 Å². The molecule has 0 aromatic carbocycles. The standard InChI is InChI=1S/C7H11N3S/c1-4-3-9-5(2)7(10-11)6(4)8/h3,6,11H,8H2,1-2H3/b10-7-. The quantitative estimate of drug-likeness (QED) is 0.522. The maximum atomic E-state index is 5.79. The molecule has 0 aromatic heterocycles. The maximum Gasteiger partial charge on any atom is 0.0905 e. The van der Waals surface area contributed by atoms with Gasteiger partial charge in [0.15, 0.2) is 0 Å². The van der Waals surface area contributed by atoms with Crippen molar-refractivity contribution in [2.75, 3.05) is 0 Å². The summed E-state index contributed by atoms with van der Waals surface area (Å²) in [5, 5.41) is 0. The highest BCUT2D eigenvalue weighted by Gasteiger charge is 2.18.